The molecule has 106 valence electrons. The maximum Gasteiger partial charge on any atom is 0.343 e. The van der Waals surface area contributed by atoms with Crippen LogP contribution < -0.4 is 9.47 Å². The maximum absolute atomic E-state index is 13.1. The fourth-order valence-electron chi connectivity index (χ4n) is 1.60. The van der Waals surface area contributed by atoms with Gasteiger partial charge in [-0.15, -0.1) is 0 Å². The van der Waals surface area contributed by atoms with Crippen LogP contribution in [-0.4, -0.2) is 13.1 Å². The van der Waals surface area contributed by atoms with Gasteiger partial charge in [0.25, 0.3) is 0 Å². The topological polar surface area (TPSA) is 59.3 Å². The van der Waals surface area contributed by atoms with Gasteiger partial charge in [-0.1, -0.05) is 0 Å². The number of carbonyl (C=O) groups excluding carboxylic acids is 1. The van der Waals surface area contributed by atoms with E-state index in [2.05, 4.69) is 0 Å². The molecule has 0 aliphatic carbocycles. The molecular formula is C15H9F2NO3. The molecule has 0 unspecified atom stereocenters. The van der Waals surface area contributed by atoms with Gasteiger partial charge in [-0.25, -0.2) is 13.6 Å². The Balaban J connectivity index is 2.27. The highest BCUT2D eigenvalue weighted by Crippen LogP contribution is 2.28. The van der Waals surface area contributed by atoms with E-state index in [0.29, 0.717) is 5.56 Å². The summed E-state index contributed by atoms with van der Waals surface area (Å²) >= 11 is 0. The Hall–Kier alpha value is -2.94. The van der Waals surface area contributed by atoms with Gasteiger partial charge in [0.2, 0.25) is 0 Å². The predicted octanol–water partition coefficient (Wildman–Crippen LogP) is 3.06. The molecule has 21 heavy (non-hydrogen) atoms. The molecule has 2 rings (SSSR count). The van der Waals surface area contributed by atoms with Crippen LogP contribution in [0.2, 0.25) is 0 Å². The number of benzene rings is 2. The molecule has 0 spiro atoms. The normalized spacial score (nSPS) is 9.81. The molecule has 0 aliphatic rings. The molecule has 2 aromatic rings. The fourth-order valence-corrected chi connectivity index (χ4v) is 1.60. The van der Waals surface area contributed by atoms with Crippen LogP contribution in [0, 0.1) is 23.0 Å². The molecule has 0 N–H and O–H groups in total. The second-order valence-corrected chi connectivity index (χ2v) is 4.00. The summed E-state index contributed by atoms with van der Waals surface area (Å²) < 4.78 is 36.0. The summed E-state index contributed by atoms with van der Waals surface area (Å²) in [6, 6.07) is 8.82. The number of hydrogen-bond acceptors (Lipinski definition) is 4. The summed E-state index contributed by atoms with van der Waals surface area (Å²) in [7, 11) is 1.35. The molecule has 6 heteroatoms. The van der Waals surface area contributed by atoms with E-state index in [9.17, 15) is 13.6 Å². The smallest absolute Gasteiger partial charge is 0.343 e. The van der Waals surface area contributed by atoms with E-state index < -0.39 is 17.6 Å². The number of ether oxygens (including phenoxy) is 2. The third-order valence-electron chi connectivity index (χ3n) is 2.65. The summed E-state index contributed by atoms with van der Waals surface area (Å²) in [6.45, 7) is 0. The average Bonchev–Trinajstić information content (AvgIpc) is 2.50. The third-order valence-corrected chi connectivity index (χ3v) is 2.65. The number of carbonyl (C=O) groups is 1. The number of esters is 1. The number of halogens is 2. The van der Waals surface area contributed by atoms with Crippen LogP contribution in [0.3, 0.4) is 0 Å². The van der Waals surface area contributed by atoms with Crippen molar-refractivity contribution in [3.63, 3.8) is 0 Å². The lowest BCUT2D eigenvalue weighted by Gasteiger charge is -2.09. The molecule has 2 aromatic carbocycles. The van der Waals surface area contributed by atoms with Crippen LogP contribution in [0.5, 0.6) is 11.5 Å². The van der Waals surface area contributed by atoms with Crippen molar-refractivity contribution in [1.82, 2.24) is 0 Å². The van der Waals surface area contributed by atoms with Crippen molar-refractivity contribution in [1.29, 1.82) is 5.26 Å². The highest BCUT2D eigenvalue weighted by atomic mass is 19.2. The van der Waals surface area contributed by atoms with Crippen LogP contribution >= 0.6 is 0 Å². The summed E-state index contributed by atoms with van der Waals surface area (Å²) in [5.74, 6) is -2.80. The minimum atomic E-state index is -1.14. The maximum atomic E-state index is 13.1. The van der Waals surface area contributed by atoms with Crippen molar-refractivity contribution < 1.29 is 23.0 Å². The van der Waals surface area contributed by atoms with E-state index in [1.165, 1.54) is 25.3 Å². The molecule has 0 atom stereocenters. The van der Waals surface area contributed by atoms with Gasteiger partial charge in [-0.05, 0) is 30.3 Å². The largest absolute Gasteiger partial charge is 0.493 e. The lowest BCUT2D eigenvalue weighted by molar-refractivity contribution is 0.0729. The molecule has 0 amide bonds. The van der Waals surface area contributed by atoms with Crippen molar-refractivity contribution >= 4 is 5.97 Å². The van der Waals surface area contributed by atoms with Gasteiger partial charge in [0.1, 0.15) is 0 Å². The van der Waals surface area contributed by atoms with Gasteiger partial charge in [0.15, 0.2) is 23.1 Å². The first-order valence-corrected chi connectivity index (χ1v) is 5.80. The van der Waals surface area contributed by atoms with Crippen molar-refractivity contribution in [2.45, 2.75) is 0 Å². The minimum absolute atomic E-state index is 0.0752. The van der Waals surface area contributed by atoms with Gasteiger partial charge in [0, 0.05) is 6.07 Å². The number of rotatable bonds is 3. The van der Waals surface area contributed by atoms with Crippen LogP contribution in [-0.2, 0) is 0 Å². The standard InChI is InChI=1S/C15H9F2NO3/c1-20-14-6-9(8-18)2-5-13(14)21-15(19)10-3-4-11(16)12(17)7-10/h2-7H,1H3. The van der Waals surface area contributed by atoms with Crippen molar-refractivity contribution in [3.8, 4) is 17.6 Å². The van der Waals surface area contributed by atoms with Gasteiger partial charge in [-0.2, -0.15) is 5.26 Å². The number of nitriles is 1. The zero-order chi connectivity index (χ0) is 15.4. The minimum Gasteiger partial charge on any atom is -0.493 e. The van der Waals surface area contributed by atoms with E-state index >= 15 is 0 Å². The monoisotopic (exact) mass is 289 g/mol. The van der Waals surface area contributed by atoms with Gasteiger partial charge < -0.3 is 9.47 Å². The zero-order valence-corrected chi connectivity index (χ0v) is 10.9. The van der Waals surface area contributed by atoms with E-state index in [1.807, 2.05) is 6.07 Å². The highest BCUT2D eigenvalue weighted by Gasteiger charge is 2.15. The van der Waals surface area contributed by atoms with E-state index in [4.69, 9.17) is 14.7 Å². The highest BCUT2D eigenvalue weighted by molar-refractivity contribution is 5.91. The van der Waals surface area contributed by atoms with E-state index in [1.54, 1.807) is 0 Å². The van der Waals surface area contributed by atoms with Crippen molar-refractivity contribution in [3.05, 3.63) is 59.2 Å². The van der Waals surface area contributed by atoms with E-state index in [0.717, 1.165) is 18.2 Å². The summed E-state index contributed by atoms with van der Waals surface area (Å²) in [4.78, 5) is 11.9. The van der Waals surface area contributed by atoms with Gasteiger partial charge >= 0.3 is 5.97 Å². The SMILES string of the molecule is COc1cc(C#N)ccc1OC(=O)c1ccc(F)c(F)c1. The molecular weight excluding hydrogens is 280 g/mol. The molecule has 0 heterocycles. The van der Waals surface area contributed by atoms with Crippen LogP contribution in [0.1, 0.15) is 15.9 Å². The first-order chi connectivity index (χ1) is 10.0. The van der Waals surface area contributed by atoms with Gasteiger partial charge in [-0.3, -0.25) is 0 Å². The first-order valence-electron chi connectivity index (χ1n) is 5.80. The second kappa shape index (κ2) is 6.01. The number of nitrogens with zero attached hydrogens (tertiary/aromatic N) is 1. The Morgan fingerprint density at radius 2 is 1.86 bits per heavy atom. The van der Waals surface area contributed by atoms with Crippen LogP contribution in [0.25, 0.3) is 0 Å². The Kier molecular flexibility index (Phi) is 4.14. The second-order valence-electron chi connectivity index (χ2n) is 4.00. The molecule has 0 saturated carbocycles. The Morgan fingerprint density at radius 1 is 1.10 bits per heavy atom. The average molecular weight is 289 g/mol. The van der Waals surface area contributed by atoms with Gasteiger partial charge in [0.05, 0.1) is 24.3 Å². The molecule has 4 nitrogen and oxygen atoms in total. The lowest BCUT2D eigenvalue weighted by Crippen LogP contribution is -2.10. The zero-order valence-electron chi connectivity index (χ0n) is 10.9. The summed E-state index contributed by atoms with van der Waals surface area (Å²) in [5.41, 5.74) is 0.194. The Bertz CT molecular complexity index is 738. The first kappa shape index (κ1) is 14.5. The lowest BCUT2D eigenvalue weighted by atomic mass is 10.2. The van der Waals surface area contributed by atoms with Crippen LogP contribution in [0.4, 0.5) is 8.78 Å². The quantitative estimate of drug-likeness (QED) is 0.643. The third kappa shape index (κ3) is 3.15. The Labute approximate surface area is 119 Å². The number of hydrogen-bond donors (Lipinski definition) is 0. The molecule has 0 saturated heterocycles. The molecule has 0 aliphatic heterocycles. The molecule has 0 bridgehead atoms. The fraction of sp³-hybridized carbons (Fsp3) is 0.0667. The van der Waals surface area contributed by atoms with Crippen molar-refractivity contribution in [2.24, 2.45) is 0 Å². The summed E-state index contributed by atoms with van der Waals surface area (Å²) in [5, 5.41) is 8.77. The number of methoxy groups -OCH3 is 1. The van der Waals surface area contributed by atoms with Crippen molar-refractivity contribution in [2.75, 3.05) is 7.11 Å². The molecule has 0 aromatic heterocycles. The summed E-state index contributed by atoms with van der Waals surface area (Å²) in [6.07, 6.45) is 0. The molecule has 0 radical (unpaired) electrons. The molecule has 0 fully saturated rings. The predicted molar refractivity (Wildman–Crippen MR) is 69.0 cm³/mol. The van der Waals surface area contributed by atoms with Crippen LogP contribution in [0.15, 0.2) is 36.4 Å². The Morgan fingerprint density at radius 3 is 2.48 bits per heavy atom. The van der Waals surface area contributed by atoms with E-state index in [-0.39, 0.29) is 17.1 Å².